The van der Waals surface area contributed by atoms with E-state index < -0.39 is 43.6 Å². The average Bonchev–Trinajstić information content (AvgIpc) is 3.57. The third-order valence-corrected chi connectivity index (χ3v) is 8.27. The smallest absolute Gasteiger partial charge is 0.348 e. The van der Waals surface area contributed by atoms with Crippen LogP contribution >= 0.6 is 11.3 Å². The van der Waals surface area contributed by atoms with Crippen LogP contribution in [-0.4, -0.2) is 75.0 Å². The lowest BCUT2D eigenvalue weighted by Crippen LogP contribution is -2.42. The van der Waals surface area contributed by atoms with Crippen molar-refractivity contribution >= 4 is 28.9 Å². The van der Waals surface area contributed by atoms with Gasteiger partial charge in [0.1, 0.15) is 29.8 Å². The molecule has 0 saturated carbocycles. The molecule has 1 aliphatic heterocycles. The number of unbranched alkanes of at least 4 members (excludes halogenated alkanes) is 2. The Hall–Kier alpha value is -2.34. The first kappa shape index (κ1) is 31.2. The number of esters is 1. The van der Waals surface area contributed by atoms with Crippen LogP contribution in [0.2, 0.25) is 0 Å². The lowest BCUT2D eigenvalue weighted by atomic mass is 10.0. The quantitative estimate of drug-likeness (QED) is 0.155. The fourth-order valence-corrected chi connectivity index (χ4v) is 5.76. The summed E-state index contributed by atoms with van der Waals surface area (Å²) < 4.78 is 5.04. The van der Waals surface area contributed by atoms with Crippen molar-refractivity contribution in [2.24, 2.45) is 0 Å². The highest BCUT2D eigenvalue weighted by molar-refractivity contribution is 7.13. The van der Waals surface area contributed by atoms with Crippen molar-refractivity contribution in [3.63, 3.8) is 0 Å². The Morgan fingerprint density at radius 3 is 2.49 bits per heavy atom. The number of hydrogen-bond acceptors (Lipinski definition) is 9. The molecule has 0 bridgehead atoms. The van der Waals surface area contributed by atoms with Gasteiger partial charge in [-0.2, -0.15) is 0 Å². The van der Waals surface area contributed by atoms with E-state index in [2.05, 4.69) is 6.92 Å². The molecular weight excluding hydrogens is 522 g/mol. The molecule has 2 aromatic rings. The van der Waals surface area contributed by atoms with Crippen LogP contribution in [0.5, 0.6) is 0 Å². The zero-order chi connectivity index (χ0) is 28.4. The summed E-state index contributed by atoms with van der Waals surface area (Å²) in [6.07, 6.45) is 2.49. The molecule has 1 amide bonds. The number of anilines is 1. The van der Waals surface area contributed by atoms with Gasteiger partial charge in [0, 0.05) is 23.0 Å². The van der Waals surface area contributed by atoms with Crippen molar-refractivity contribution in [3.05, 3.63) is 51.7 Å². The fourth-order valence-electron chi connectivity index (χ4n) is 4.81. The Bertz CT molecular complexity index is 1040. The lowest BCUT2D eigenvalue weighted by molar-refractivity contribution is -0.117. The van der Waals surface area contributed by atoms with Crippen LogP contribution in [-0.2, 0) is 16.0 Å². The standard InChI is InChI=1S/C29H41NO8S/c1-2-3-4-8-23(32)19-9-11-21(12-10-19)30-20(13-16-27(30)35)6-5-7-22-14-15-26(39-22)29(37)38-18-25(34)28(36)24(33)17-31/h9-12,14-15,20,23-25,28,31-34,36H,2-8,13,16-18H2,1H3/t20-,23-,24+,25-,28+/m0/s1. The van der Waals surface area contributed by atoms with E-state index in [4.69, 9.17) is 9.84 Å². The van der Waals surface area contributed by atoms with Crippen molar-refractivity contribution in [2.45, 2.75) is 95.2 Å². The van der Waals surface area contributed by atoms with Gasteiger partial charge < -0.3 is 35.2 Å². The number of aliphatic hydroxyl groups excluding tert-OH is 5. The molecular formula is C29H41NO8S. The monoisotopic (exact) mass is 563 g/mol. The number of aliphatic hydroxyl groups is 5. The topological polar surface area (TPSA) is 148 Å². The number of carbonyl (C=O) groups is 2. The predicted molar refractivity (Wildman–Crippen MR) is 149 cm³/mol. The molecule has 1 saturated heterocycles. The molecule has 1 aromatic heterocycles. The van der Waals surface area contributed by atoms with Crippen molar-refractivity contribution in [1.82, 2.24) is 0 Å². The van der Waals surface area contributed by atoms with Crippen molar-refractivity contribution < 1.29 is 39.9 Å². The van der Waals surface area contributed by atoms with Gasteiger partial charge in [-0.05, 0) is 61.9 Å². The van der Waals surface area contributed by atoms with Crippen LogP contribution in [0.4, 0.5) is 5.69 Å². The van der Waals surface area contributed by atoms with E-state index >= 15 is 0 Å². The highest BCUT2D eigenvalue weighted by Gasteiger charge is 2.32. The van der Waals surface area contributed by atoms with Crippen LogP contribution in [0.25, 0.3) is 0 Å². The second-order valence-corrected chi connectivity index (χ2v) is 11.3. The van der Waals surface area contributed by atoms with Crippen molar-refractivity contribution in [2.75, 3.05) is 18.1 Å². The van der Waals surface area contributed by atoms with E-state index in [1.54, 1.807) is 6.07 Å². The number of thiophene rings is 1. The van der Waals surface area contributed by atoms with Crippen LogP contribution < -0.4 is 4.90 Å². The normalized spacial score (nSPS) is 18.7. The van der Waals surface area contributed by atoms with Gasteiger partial charge in [-0.25, -0.2) is 4.79 Å². The van der Waals surface area contributed by atoms with E-state index in [9.17, 15) is 30.0 Å². The van der Waals surface area contributed by atoms with Gasteiger partial charge in [0.25, 0.3) is 0 Å². The zero-order valence-electron chi connectivity index (χ0n) is 22.4. The maximum absolute atomic E-state index is 12.7. The van der Waals surface area contributed by atoms with Crippen LogP contribution in [0.1, 0.15) is 84.5 Å². The van der Waals surface area contributed by atoms with Crippen molar-refractivity contribution in [3.8, 4) is 0 Å². The minimum absolute atomic E-state index is 0.101. The first-order valence-corrected chi connectivity index (χ1v) is 14.6. The third kappa shape index (κ3) is 8.83. The summed E-state index contributed by atoms with van der Waals surface area (Å²) in [5.74, 6) is -0.529. The summed E-state index contributed by atoms with van der Waals surface area (Å²) in [4.78, 5) is 28.2. The van der Waals surface area contributed by atoms with Gasteiger partial charge in [-0.3, -0.25) is 4.79 Å². The number of carbonyl (C=O) groups excluding carboxylic acids is 2. The van der Waals surface area contributed by atoms with E-state index in [0.29, 0.717) is 11.3 Å². The van der Waals surface area contributed by atoms with Gasteiger partial charge in [-0.15, -0.1) is 11.3 Å². The minimum atomic E-state index is -1.62. The van der Waals surface area contributed by atoms with E-state index in [-0.39, 0.29) is 11.9 Å². The van der Waals surface area contributed by atoms with Crippen LogP contribution in [0.15, 0.2) is 36.4 Å². The predicted octanol–water partition coefficient (Wildman–Crippen LogP) is 3.11. The van der Waals surface area contributed by atoms with Crippen LogP contribution in [0, 0.1) is 0 Å². The summed E-state index contributed by atoms with van der Waals surface area (Å²) in [5.41, 5.74) is 1.73. The summed E-state index contributed by atoms with van der Waals surface area (Å²) in [7, 11) is 0. The second kappa shape index (κ2) is 15.4. The van der Waals surface area contributed by atoms with E-state index in [0.717, 1.165) is 67.5 Å². The van der Waals surface area contributed by atoms with E-state index in [1.165, 1.54) is 11.3 Å². The van der Waals surface area contributed by atoms with Gasteiger partial charge in [0.15, 0.2) is 0 Å². The van der Waals surface area contributed by atoms with Crippen LogP contribution in [0.3, 0.4) is 0 Å². The highest BCUT2D eigenvalue weighted by Crippen LogP contribution is 2.31. The van der Waals surface area contributed by atoms with Crippen molar-refractivity contribution in [1.29, 1.82) is 0 Å². The molecule has 5 N–H and O–H groups in total. The largest absolute Gasteiger partial charge is 0.459 e. The molecule has 39 heavy (non-hydrogen) atoms. The summed E-state index contributed by atoms with van der Waals surface area (Å²) >= 11 is 1.29. The molecule has 1 fully saturated rings. The number of benzene rings is 1. The molecule has 0 aliphatic carbocycles. The minimum Gasteiger partial charge on any atom is -0.459 e. The zero-order valence-corrected chi connectivity index (χ0v) is 23.3. The summed E-state index contributed by atoms with van der Waals surface area (Å²) in [6.45, 7) is 0.912. The second-order valence-electron chi connectivity index (χ2n) is 10.1. The molecule has 0 spiro atoms. The highest BCUT2D eigenvalue weighted by atomic mass is 32.1. The Morgan fingerprint density at radius 2 is 1.79 bits per heavy atom. The summed E-state index contributed by atoms with van der Waals surface area (Å²) in [6, 6.07) is 11.3. The molecule has 2 heterocycles. The number of amides is 1. The van der Waals surface area contributed by atoms with Gasteiger partial charge in [-0.1, -0.05) is 38.3 Å². The Balaban J connectivity index is 1.48. The first-order chi connectivity index (χ1) is 18.7. The Kier molecular flexibility index (Phi) is 12.4. The number of ether oxygens (including phenoxy) is 1. The van der Waals surface area contributed by atoms with Gasteiger partial charge in [0.2, 0.25) is 5.91 Å². The first-order valence-electron chi connectivity index (χ1n) is 13.8. The number of rotatable bonds is 16. The molecule has 3 rings (SSSR count). The molecule has 216 valence electrons. The molecule has 10 heteroatoms. The number of aryl methyl sites for hydroxylation is 1. The molecule has 0 radical (unpaired) electrons. The molecule has 0 unspecified atom stereocenters. The Morgan fingerprint density at radius 1 is 1.05 bits per heavy atom. The third-order valence-electron chi connectivity index (χ3n) is 7.15. The molecule has 1 aromatic carbocycles. The van der Waals surface area contributed by atoms with E-state index in [1.807, 2.05) is 35.2 Å². The lowest BCUT2D eigenvalue weighted by Gasteiger charge is -2.25. The summed E-state index contributed by atoms with van der Waals surface area (Å²) in [5, 5.41) is 48.1. The fraction of sp³-hybridized carbons (Fsp3) is 0.586. The maximum Gasteiger partial charge on any atom is 0.348 e. The molecule has 9 nitrogen and oxygen atoms in total. The average molecular weight is 564 g/mol. The maximum atomic E-state index is 12.7. The molecule has 5 atom stereocenters. The SMILES string of the molecule is CCCCC[C@H](O)c1ccc(N2C(=O)CC[C@@H]2CCCc2ccc(C(=O)OC[C@H](O)[C@H](O)[C@H](O)CO)s2)cc1. The Labute approximate surface area is 233 Å². The number of nitrogens with zero attached hydrogens (tertiary/aromatic N) is 1. The number of hydrogen-bond donors (Lipinski definition) is 5. The van der Waals surface area contributed by atoms with Gasteiger partial charge >= 0.3 is 5.97 Å². The van der Waals surface area contributed by atoms with Gasteiger partial charge in [0.05, 0.1) is 12.7 Å². The molecule has 1 aliphatic rings.